The van der Waals surface area contributed by atoms with Gasteiger partial charge in [0.2, 0.25) is 0 Å². The van der Waals surface area contributed by atoms with Gasteiger partial charge in [-0.3, -0.25) is 14.3 Å². The number of aromatic nitrogens is 2. The first-order chi connectivity index (χ1) is 11.7. The van der Waals surface area contributed by atoms with E-state index in [9.17, 15) is 4.79 Å². The summed E-state index contributed by atoms with van der Waals surface area (Å²) in [4.78, 5) is 17.5. The molecule has 4 nitrogen and oxygen atoms in total. The van der Waals surface area contributed by atoms with Crippen LogP contribution in [0.2, 0.25) is 0 Å². The number of benzene rings is 1. The van der Waals surface area contributed by atoms with Crippen LogP contribution in [0.3, 0.4) is 0 Å². The van der Waals surface area contributed by atoms with E-state index in [2.05, 4.69) is 16.4 Å². The summed E-state index contributed by atoms with van der Waals surface area (Å²) in [7, 11) is 0. The van der Waals surface area contributed by atoms with Gasteiger partial charge in [-0.05, 0) is 49.7 Å². The molecule has 120 valence electrons. The number of carbonyl (C=O) groups is 1. The van der Waals surface area contributed by atoms with Gasteiger partial charge in [0, 0.05) is 30.1 Å². The number of pyridine rings is 1. The molecule has 24 heavy (non-hydrogen) atoms. The lowest BCUT2D eigenvalue weighted by atomic mass is 10.0. The molecule has 0 radical (unpaired) electrons. The highest BCUT2D eigenvalue weighted by atomic mass is 16.2. The number of fused-ring (bicyclic) bond motifs is 1. The minimum atomic E-state index is -0.0196. The van der Waals surface area contributed by atoms with Crippen LogP contribution in [0.5, 0.6) is 0 Å². The van der Waals surface area contributed by atoms with Crippen molar-refractivity contribution in [3.63, 3.8) is 0 Å². The molecule has 0 spiro atoms. The Morgan fingerprint density at radius 2 is 2.04 bits per heavy atom. The van der Waals surface area contributed by atoms with Crippen molar-refractivity contribution in [3.8, 4) is 0 Å². The first-order valence-corrected chi connectivity index (χ1v) is 8.21. The predicted molar refractivity (Wildman–Crippen MR) is 96.1 cm³/mol. The van der Waals surface area contributed by atoms with Crippen LogP contribution in [-0.2, 0) is 0 Å². The second kappa shape index (κ2) is 6.06. The maximum atomic E-state index is 13.0. The summed E-state index contributed by atoms with van der Waals surface area (Å²) in [6.07, 6.45) is 6.87. The van der Waals surface area contributed by atoms with Crippen molar-refractivity contribution in [2.75, 3.05) is 13.1 Å². The van der Waals surface area contributed by atoms with Crippen LogP contribution in [0.15, 0.2) is 54.9 Å². The molecule has 0 bridgehead atoms. The van der Waals surface area contributed by atoms with Crippen molar-refractivity contribution in [1.29, 1.82) is 0 Å². The Hall–Kier alpha value is -2.72. The van der Waals surface area contributed by atoms with Crippen molar-refractivity contribution in [2.24, 2.45) is 0 Å². The van der Waals surface area contributed by atoms with Gasteiger partial charge in [0.05, 0.1) is 11.0 Å². The first kappa shape index (κ1) is 14.8. The normalized spacial score (nSPS) is 14.6. The van der Waals surface area contributed by atoms with Gasteiger partial charge in [-0.15, -0.1) is 0 Å². The third-order valence-corrected chi connectivity index (χ3v) is 4.49. The van der Waals surface area contributed by atoms with E-state index >= 15 is 0 Å². The van der Waals surface area contributed by atoms with E-state index in [1.165, 1.54) is 5.57 Å². The minimum absolute atomic E-state index is 0.0196. The van der Waals surface area contributed by atoms with E-state index in [0.717, 1.165) is 41.7 Å². The molecular weight excluding hydrogens is 298 g/mol. The highest BCUT2D eigenvalue weighted by Crippen LogP contribution is 2.29. The summed E-state index contributed by atoms with van der Waals surface area (Å²) < 4.78 is 1.73. The molecule has 3 aromatic rings. The van der Waals surface area contributed by atoms with Crippen LogP contribution in [0.4, 0.5) is 0 Å². The zero-order valence-corrected chi connectivity index (χ0v) is 13.6. The van der Waals surface area contributed by atoms with E-state index in [4.69, 9.17) is 0 Å². The molecular formula is C20H19N3O. The lowest BCUT2D eigenvalue weighted by molar-refractivity contribution is 0.0965. The van der Waals surface area contributed by atoms with Crippen LogP contribution < -0.4 is 5.32 Å². The van der Waals surface area contributed by atoms with Crippen molar-refractivity contribution >= 4 is 22.5 Å². The molecule has 0 aliphatic carbocycles. The molecule has 1 aliphatic rings. The van der Waals surface area contributed by atoms with E-state index < -0.39 is 0 Å². The number of hydrogen-bond acceptors (Lipinski definition) is 3. The van der Waals surface area contributed by atoms with Gasteiger partial charge in [0.1, 0.15) is 0 Å². The monoisotopic (exact) mass is 317 g/mol. The highest BCUT2D eigenvalue weighted by Gasteiger charge is 2.18. The van der Waals surface area contributed by atoms with Crippen LogP contribution >= 0.6 is 0 Å². The van der Waals surface area contributed by atoms with Gasteiger partial charge in [0.25, 0.3) is 5.91 Å². The maximum absolute atomic E-state index is 13.0. The molecule has 3 heterocycles. The van der Waals surface area contributed by atoms with Crippen LogP contribution in [-0.4, -0.2) is 28.5 Å². The third-order valence-electron chi connectivity index (χ3n) is 4.49. The Kier molecular flexibility index (Phi) is 3.75. The van der Waals surface area contributed by atoms with Gasteiger partial charge in [-0.2, -0.15) is 0 Å². The first-order valence-electron chi connectivity index (χ1n) is 8.21. The Balaban J connectivity index is 1.85. The third kappa shape index (κ3) is 2.55. The quantitative estimate of drug-likeness (QED) is 0.788. The lowest BCUT2D eigenvalue weighted by Gasteiger charge is -2.12. The Labute approximate surface area is 140 Å². The Morgan fingerprint density at radius 1 is 1.21 bits per heavy atom. The molecule has 0 saturated carbocycles. The van der Waals surface area contributed by atoms with Crippen molar-refractivity contribution in [3.05, 3.63) is 71.6 Å². The van der Waals surface area contributed by atoms with E-state index in [1.54, 1.807) is 10.8 Å². The second-order valence-electron chi connectivity index (χ2n) is 6.14. The van der Waals surface area contributed by atoms with Crippen LogP contribution in [0.1, 0.15) is 27.9 Å². The predicted octanol–water partition coefficient (Wildman–Crippen LogP) is 3.41. The number of rotatable bonds is 2. The average Bonchev–Trinajstić information content (AvgIpc) is 3.02. The molecule has 4 heteroatoms. The smallest absolute Gasteiger partial charge is 0.262 e. The van der Waals surface area contributed by atoms with Crippen LogP contribution in [0, 0.1) is 6.92 Å². The fourth-order valence-corrected chi connectivity index (χ4v) is 3.16. The fraction of sp³-hybridized carbons (Fsp3) is 0.200. The fourth-order valence-electron chi connectivity index (χ4n) is 3.16. The molecule has 0 saturated heterocycles. The number of nitrogens with zero attached hydrogens (tertiary/aromatic N) is 2. The molecule has 0 atom stereocenters. The van der Waals surface area contributed by atoms with Gasteiger partial charge >= 0.3 is 0 Å². The lowest BCUT2D eigenvalue weighted by Crippen LogP contribution is -2.20. The number of hydrogen-bond donors (Lipinski definition) is 1. The summed E-state index contributed by atoms with van der Waals surface area (Å²) in [5, 5.41) is 3.32. The molecule has 1 N–H and O–H groups in total. The number of aryl methyl sites for hydroxylation is 1. The Morgan fingerprint density at radius 3 is 2.79 bits per heavy atom. The Bertz CT molecular complexity index is 935. The largest absolute Gasteiger partial charge is 0.313 e. The summed E-state index contributed by atoms with van der Waals surface area (Å²) in [6.45, 7) is 3.84. The molecule has 1 aromatic carbocycles. The van der Waals surface area contributed by atoms with Crippen LogP contribution in [0.25, 0.3) is 16.6 Å². The van der Waals surface area contributed by atoms with Crippen molar-refractivity contribution < 1.29 is 4.79 Å². The topological polar surface area (TPSA) is 46.9 Å². The van der Waals surface area contributed by atoms with E-state index in [1.807, 2.05) is 49.5 Å². The molecule has 2 aromatic heterocycles. The molecule has 0 amide bonds. The number of carbonyl (C=O) groups excluding carboxylic acids is 1. The van der Waals surface area contributed by atoms with Gasteiger partial charge in [-0.25, -0.2) is 0 Å². The van der Waals surface area contributed by atoms with Crippen molar-refractivity contribution in [1.82, 2.24) is 14.9 Å². The summed E-state index contributed by atoms with van der Waals surface area (Å²) in [6, 6.07) is 11.5. The maximum Gasteiger partial charge on any atom is 0.262 e. The van der Waals surface area contributed by atoms with Gasteiger partial charge < -0.3 is 5.32 Å². The standard InChI is InChI=1S/C20H19N3O/c1-14-4-6-16(7-5-14)20(24)23-13-17(15-8-11-21-12-9-15)19-18(23)3-2-10-22-19/h2-8,10,13,21H,9,11-12H2,1H3. The zero-order valence-electron chi connectivity index (χ0n) is 13.6. The summed E-state index contributed by atoms with van der Waals surface area (Å²) in [5.41, 5.74) is 5.91. The molecule has 1 aliphatic heterocycles. The zero-order chi connectivity index (χ0) is 16.5. The minimum Gasteiger partial charge on any atom is -0.313 e. The van der Waals surface area contributed by atoms with Gasteiger partial charge in [0.15, 0.2) is 0 Å². The van der Waals surface area contributed by atoms with Gasteiger partial charge in [-0.1, -0.05) is 23.8 Å². The summed E-state index contributed by atoms with van der Waals surface area (Å²) >= 11 is 0. The second-order valence-corrected chi connectivity index (χ2v) is 6.14. The number of nitrogens with one attached hydrogen (secondary N) is 1. The molecule has 0 fully saturated rings. The average molecular weight is 317 g/mol. The summed E-state index contributed by atoms with van der Waals surface area (Å²) in [5.74, 6) is -0.0196. The van der Waals surface area contributed by atoms with E-state index in [0.29, 0.717) is 5.56 Å². The highest BCUT2D eigenvalue weighted by molar-refractivity contribution is 6.04. The molecule has 4 rings (SSSR count). The molecule has 0 unspecified atom stereocenters. The SMILES string of the molecule is Cc1ccc(C(=O)n2cc(C3=CCNCC3)c3ncccc32)cc1. The van der Waals surface area contributed by atoms with Crippen molar-refractivity contribution in [2.45, 2.75) is 13.3 Å². The van der Waals surface area contributed by atoms with E-state index in [-0.39, 0.29) is 5.91 Å².